The molecule has 1 saturated heterocycles. The first kappa shape index (κ1) is 19.4. The maximum atomic E-state index is 11.5. The van der Waals surface area contributed by atoms with E-state index in [1.54, 1.807) is 4.68 Å². The molecule has 27 heavy (non-hydrogen) atoms. The van der Waals surface area contributed by atoms with Crippen LogP contribution in [0.25, 0.3) is 11.3 Å². The Labute approximate surface area is 165 Å². The summed E-state index contributed by atoms with van der Waals surface area (Å²) in [6, 6.07) is 7.85. The fourth-order valence-corrected chi connectivity index (χ4v) is 3.31. The number of hydrogen-bond acceptors (Lipinski definition) is 4. The highest BCUT2D eigenvalue weighted by molar-refractivity contribution is 9.10. The lowest BCUT2D eigenvalue weighted by Gasteiger charge is -2.32. The van der Waals surface area contributed by atoms with Crippen molar-refractivity contribution in [3.05, 3.63) is 40.8 Å². The number of carboxylic acid groups (broad SMARTS) is 1. The van der Waals surface area contributed by atoms with E-state index in [9.17, 15) is 9.59 Å². The van der Waals surface area contributed by atoms with E-state index in [0.717, 1.165) is 28.1 Å². The maximum absolute atomic E-state index is 11.5. The molecule has 0 spiro atoms. The third-order valence-electron chi connectivity index (χ3n) is 4.49. The van der Waals surface area contributed by atoms with Crippen molar-refractivity contribution in [1.82, 2.24) is 19.5 Å². The predicted octanol–water partition coefficient (Wildman–Crippen LogP) is 2.24. The van der Waals surface area contributed by atoms with Gasteiger partial charge in [-0.2, -0.15) is 0 Å². The minimum absolute atomic E-state index is 0.161. The molecule has 2 amide bonds. The number of imidazole rings is 1. The summed E-state index contributed by atoms with van der Waals surface area (Å²) in [4.78, 5) is 30.9. The Bertz CT molecular complexity index is 813. The van der Waals surface area contributed by atoms with E-state index < -0.39 is 6.09 Å². The summed E-state index contributed by atoms with van der Waals surface area (Å²) < 4.78 is 2.67. The second kappa shape index (κ2) is 8.53. The number of nitrogens with zero attached hydrogens (tertiary/aromatic N) is 4. The maximum Gasteiger partial charge on any atom is 0.407 e. The molecule has 2 heterocycles. The smallest absolute Gasteiger partial charge is 0.407 e. The van der Waals surface area contributed by atoms with Crippen molar-refractivity contribution < 1.29 is 14.7 Å². The molecule has 0 radical (unpaired) electrons. The van der Waals surface area contributed by atoms with Gasteiger partial charge in [-0.1, -0.05) is 28.1 Å². The second-order valence-electron chi connectivity index (χ2n) is 6.45. The van der Waals surface area contributed by atoms with E-state index in [1.807, 2.05) is 30.5 Å². The quantitative estimate of drug-likeness (QED) is 0.751. The first-order chi connectivity index (χ1) is 12.9. The number of hydrogen-bond donors (Lipinski definition) is 2. The Morgan fingerprint density at radius 3 is 2.44 bits per heavy atom. The van der Waals surface area contributed by atoms with Crippen LogP contribution in [0.3, 0.4) is 0 Å². The van der Waals surface area contributed by atoms with Crippen LogP contribution in [0.4, 0.5) is 4.79 Å². The number of rotatable bonds is 5. The highest BCUT2D eigenvalue weighted by Crippen LogP contribution is 2.21. The van der Waals surface area contributed by atoms with Crippen LogP contribution in [-0.4, -0.2) is 69.3 Å². The van der Waals surface area contributed by atoms with Gasteiger partial charge >= 0.3 is 6.09 Å². The third kappa shape index (κ3) is 5.08. The summed E-state index contributed by atoms with van der Waals surface area (Å²) in [6.45, 7) is 4.65. The van der Waals surface area contributed by atoms with Crippen molar-refractivity contribution in [2.45, 2.75) is 13.3 Å². The van der Waals surface area contributed by atoms with Crippen LogP contribution < -0.4 is 5.43 Å². The molecule has 3 rings (SSSR count). The summed E-state index contributed by atoms with van der Waals surface area (Å²) in [5.74, 6) is 0.606. The molecule has 0 saturated carbocycles. The minimum Gasteiger partial charge on any atom is -0.465 e. The van der Waals surface area contributed by atoms with Gasteiger partial charge in [0.05, 0.1) is 11.9 Å². The zero-order valence-electron chi connectivity index (χ0n) is 15.1. The molecule has 0 atom stereocenters. The third-order valence-corrected chi connectivity index (χ3v) is 5.02. The van der Waals surface area contributed by atoms with Gasteiger partial charge in [0, 0.05) is 56.1 Å². The standard InChI is InChI=1S/C18H22BrN5O3/c1-13(25)21-24-12-16(14-2-4-15(19)5-3-14)20-17(24)6-7-22-8-10-23(11-9-22)18(26)27/h2-5,12H,6-11H2,1H3,(H,21,25)(H,26,27). The van der Waals surface area contributed by atoms with E-state index in [0.29, 0.717) is 32.6 Å². The first-order valence-corrected chi connectivity index (χ1v) is 9.53. The molecule has 9 heteroatoms. The van der Waals surface area contributed by atoms with Gasteiger partial charge in [-0.05, 0) is 12.1 Å². The highest BCUT2D eigenvalue weighted by Gasteiger charge is 2.21. The Kier molecular flexibility index (Phi) is 6.12. The molecule has 1 fully saturated rings. The summed E-state index contributed by atoms with van der Waals surface area (Å²) in [7, 11) is 0. The fraction of sp³-hybridized carbons (Fsp3) is 0.389. The van der Waals surface area contributed by atoms with Crippen LogP contribution >= 0.6 is 15.9 Å². The zero-order valence-corrected chi connectivity index (χ0v) is 16.6. The van der Waals surface area contributed by atoms with Gasteiger partial charge in [-0.15, -0.1) is 0 Å². The average Bonchev–Trinajstić information content (AvgIpc) is 3.03. The lowest BCUT2D eigenvalue weighted by molar-refractivity contribution is -0.115. The van der Waals surface area contributed by atoms with E-state index in [2.05, 4.69) is 26.3 Å². The zero-order chi connectivity index (χ0) is 19.4. The van der Waals surface area contributed by atoms with Crippen LogP contribution in [0.2, 0.25) is 0 Å². The number of carbonyl (C=O) groups excluding carboxylic acids is 1. The van der Waals surface area contributed by atoms with Gasteiger partial charge in [0.2, 0.25) is 5.91 Å². The lowest BCUT2D eigenvalue weighted by Crippen LogP contribution is -2.48. The van der Waals surface area contributed by atoms with Crippen molar-refractivity contribution in [3.63, 3.8) is 0 Å². The van der Waals surface area contributed by atoms with Gasteiger partial charge in [-0.3, -0.25) is 15.1 Å². The molecule has 1 aliphatic rings. The molecule has 2 N–H and O–H groups in total. The van der Waals surface area contributed by atoms with Gasteiger partial charge in [0.15, 0.2) is 0 Å². The van der Waals surface area contributed by atoms with Gasteiger partial charge in [0.25, 0.3) is 0 Å². The molecule has 0 unspecified atom stereocenters. The van der Waals surface area contributed by atoms with Gasteiger partial charge in [-0.25, -0.2) is 14.5 Å². The molecule has 1 aromatic carbocycles. The van der Waals surface area contributed by atoms with Gasteiger partial charge in [0.1, 0.15) is 5.82 Å². The monoisotopic (exact) mass is 435 g/mol. The van der Waals surface area contributed by atoms with Crippen LogP contribution in [0.5, 0.6) is 0 Å². The SMILES string of the molecule is CC(=O)Nn1cc(-c2ccc(Br)cc2)nc1CCN1CCN(C(=O)O)CC1. The van der Waals surface area contributed by atoms with E-state index >= 15 is 0 Å². The van der Waals surface area contributed by atoms with E-state index in [1.165, 1.54) is 11.8 Å². The minimum atomic E-state index is -0.866. The predicted molar refractivity (Wildman–Crippen MR) is 105 cm³/mol. The Morgan fingerprint density at radius 1 is 1.19 bits per heavy atom. The molecule has 2 aromatic rings. The van der Waals surface area contributed by atoms with E-state index in [4.69, 9.17) is 10.1 Å². The molecule has 1 aromatic heterocycles. The summed E-state index contributed by atoms with van der Waals surface area (Å²) >= 11 is 3.42. The summed E-state index contributed by atoms with van der Waals surface area (Å²) in [5.41, 5.74) is 4.55. The van der Waals surface area contributed by atoms with Crippen molar-refractivity contribution in [1.29, 1.82) is 0 Å². The number of halogens is 1. The molecule has 1 aliphatic heterocycles. The topological polar surface area (TPSA) is 90.7 Å². The molecule has 0 aliphatic carbocycles. The van der Waals surface area contributed by atoms with E-state index in [-0.39, 0.29) is 5.91 Å². The van der Waals surface area contributed by atoms with Crippen molar-refractivity contribution in [2.24, 2.45) is 0 Å². The van der Waals surface area contributed by atoms with Crippen LogP contribution in [0.15, 0.2) is 34.9 Å². The Hall–Kier alpha value is -2.39. The normalized spacial score (nSPS) is 15.0. The Morgan fingerprint density at radius 2 is 1.85 bits per heavy atom. The average molecular weight is 436 g/mol. The molecule has 0 bridgehead atoms. The number of benzene rings is 1. The lowest BCUT2D eigenvalue weighted by atomic mass is 10.2. The highest BCUT2D eigenvalue weighted by atomic mass is 79.9. The second-order valence-corrected chi connectivity index (χ2v) is 7.36. The molecular weight excluding hydrogens is 414 g/mol. The van der Waals surface area contributed by atoms with Crippen LogP contribution in [0, 0.1) is 0 Å². The van der Waals surface area contributed by atoms with Crippen molar-refractivity contribution in [3.8, 4) is 11.3 Å². The molecule has 144 valence electrons. The van der Waals surface area contributed by atoms with Crippen molar-refractivity contribution in [2.75, 3.05) is 38.1 Å². The van der Waals surface area contributed by atoms with Crippen molar-refractivity contribution >= 4 is 27.9 Å². The number of aromatic nitrogens is 2. The summed E-state index contributed by atoms with van der Waals surface area (Å²) in [5, 5.41) is 9.03. The largest absolute Gasteiger partial charge is 0.465 e. The molecular formula is C18H22BrN5O3. The van der Waals surface area contributed by atoms with Gasteiger partial charge < -0.3 is 10.0 Å². The number of nitrogens with one attached hydrogen (secondary N) is 1. The molecule has 8 nitrogen and oxygen atoms in total. The van der Waals surface area contributed by atoms with Crippen LogP contribution in [-0.2, 0) is 11.2 Å². The number of amides is 2. The van der Waals surface area contributed by atoms with Crippen LogP contribution in [0.1, 0.15) is 12.7 Å². The first-order valence-electron chi connectivity index (χ1n) is 8.74. The number of carbonyl (C=O) groups is 2. The number of piperazine rings is 1. The summed E-state index contributed by atoms with van der Waals surface area (Å²) in [6.07, 6.45) is 1.61. The fourth-order valence-electron chi connectivity index (χ4n) is 3.04. The Balaban J connectivity index is 1.69.